The molecule has 1 aliphatic heterocycles. The first-order chi connectivity index (χ1) is 39.8. The zero-order valence-corrected chi connectivity index (χ0v) is 48.0. The molecule has 426 valence electrons. The number of likely N-dealkylation sites (tertiary alicyclic amines) is 1. The second kappa shape index (κ2) is 30.1. The summed E-state index contributed by atoms with van der Waals surface area (Å²) >= 11 is 0. The number of nitrogens with zero attached hydrogens (tertiary/aromatic N) is 3. The highest BCUT2D eigenvalue weighted by molar-refractivity contribution is 6.99. The number of ether oxygens (including phenoxy) is 5. The average molecular weight is 1120 g/mol. The van der Waals surface area contributed by atoms with Gasteiger partial charge in [-0.2, -0.15) is 0 Å². The number of benzene rings is 7. The Bertz CT molecular complexity index is 2990. The van der Waals surface area contributed by atoms with Gasteiger partial charge in [-0.25, -0.2) is 0 Å². The Hall–Kier alpha value is -8.05. The lowest BCUT2D eigenvalue weighted by Crippen LogP contribution is -2.68. The lowest BCUT2D eigenvalue weighted by Gasteiger charge is -2.45. The van der Waals surface area contributed by atoms with Crippen molar-refractivity contribution < 1.29 is 52.1 Å². The van der Waals surface area contributed by atoms with Crippen molar-refractivity contribution in [2.45, 2.75) is 83.4 Å². The summed E-state index contributed by atoms with van der Waals surface area (Å²) in [5.74, 6) is -2.87. The van der Waals surface area contributed by atoms with E-state index >= 15 is 0 Å². The summed E-state index contributed by atoms with van der Waals surface area (Å²) in [5, 5.41) is 1.53. The smallest absolute Gasteiger partial charge is 0.323 e. The molecule has 0 bridgehead atoms. The third-order valence-electron chi connectivity index (χ3n) is 14.6. The summed E-state index contributed by atoms with van der Waals surface area (Å²) in [6, 6.07) is 64.6. The molecule has 0 N–H and O–H groups in total. The van der Waals surface area contributed by atoms with Crippen molar-refractivity contribution in [2.24, 2.45) is 0 Å². The number of carbonyl (C=O) groups excluding carboxylic acids is 5. The average Bonchev–Trinajstić information content (AvgIpc) is 2.84. The van der Waals surface area contributed by atoms with E-state index in [4.69, 9.17) is 28.1 Å². The molecule has 0 radical (unpaired) electrons. The Kier molecular flexibility index (Phi) is 22.1. The predicted octanol–water partition coefficient (Wildman–Crippen LogP) is 8.70. The molecule has 0 saturated carbocycles. The van der Waals surface area contributed by atoms with Gasteiger partial charge in [-0.3, -0.25) is 38.7 Å². The van der Waals surface area contributed by atoms with E-state index in [0.29, 0.717) is 0 Å². The van der Waals surface area contributed by atoms with Crippen molar-refractivity contribution in [1.29, 1.82) is 0 Å². The summed E-state index contributed by atoms with van der Waals surface area (Å²) in [6.45, 7) is 5.30. The summed E-state index contributed by atoms with van der Waals surface area (Å²) in [7, 11) is -3.34. The number of rotatable bonds is 28. The van der Waals surface area contributed by atoms with Crippen molar-refractivity contribution in [3.05, 3.63) is 240 Å². The molecule has 1 fully saturated rings. The molecule has 3 atom stereocenters. The molecule has 7 aromatic carbocycles. The minimum atomic E-state index is -3.34. The van der Waals surface area contributed by atoms with Crippen molar-refractivity contribution in [3.8, 4) is 0 Å². The molecule has 0 spiro atoms. The fourth-order valence-electron chi connectivity index (χ4n) is 10.4. The normalized spacial score (nSPS) is 14.9. The van der Waals surface area contributed by atoms with E-state index in [1.165, 1.54) is 0 Å². The summed E-state index contributed by atoms with van der Waals surface area (Å²) in [6.07, 6.45) is 0.131. The van der Waals surface area contributed by atoms with Gasteiger partial charge in [0, 0.05) is 25.2 Å². The first-order valence-electron chi connectivity index (χ1n) is 27.8. The van der Waals surface area contributed by atoms with E-state index in [9.17, 15) is 24.0 Å². The highest BCUT2D eigenvalue weighted by Crippen LogP contribution is 2.37. The van der Waals surface area contributed by atoms with Crippen LogP contribution < -0.4 is 10.4 Å². The third-order valence-corrected chi connectivity index (χ3v) is 19.6. The number of carbonyl (C=O) groups is 5. The standard InChI is InChI=1S/C67H73N3O11Si/c1-67(2,3)82(59-35-21-9-22-36-59,60-37-23-10-24-38-60)81-51-58(69(43-63(72)77-47-53-27-13-5-14-28-53)44-64(73)78-48-54-29-15-6-16-30-54)41-68(42-62(71)76-46-52-25-11-4-12-26-52)57-39-61(66(75)80-50-56-33-19-8-20-34-56)70(40-57)45-65(74)79-49-55-31-17-7-18-32-55/h4-38,57-58,61H,39-51H2,1-3H3/t57?,58-,61?/m1/s1. The Morgan fingerprint density at radius 2 is 0.817 bits per heavy atom. The molecule has 15 heteroatoms. The monoisotopic (exact) mass is 1120 g/mol. The SMILES string of the molecule is CC(C)(C)[Si](OC[C@@H](CN(CC(=O)OCc1ccccc1)C1CC(C(=O)OCc2ccccc2)N(CC(=O)OCc2ccccc2)C1)N(CC(=O)OCc1ccccc1)CC(=O)OCc1ccccc1)(c1ccccc1)c1ccccc1. The minimum Gasteiger partial charge on any atom is -0.460 e. The van der Waals surface area contributed by atoms with Gasteiger partial charge in [0.05, 0.1) is 32.8 Å². The van der Waals surface area contributed by atoms with Crippen molar-refractivity contribution in [3.63, 3.8) is 0 Å². The summed E-state index contributed by atoms with van der Waals surface area (Å²) in [5.41, 5.74) is 3.94. The molecular weight excluding hydrogens is 1050 g/mol. The Morgan fingerprint density at radius 3 is 1.20 bits per heavy atom. The number of hydrogen-bond donors (Lipinski definition) is 0. The largest absolute Gasteiger partial charge is 0.460 e. The van der Waals surface area contributed by atoms with Crippen LogP contribution in [0.2, 0.25) is 5.04 Å². The molecule has 0 aliphatic carbocycles. The van der Waals surface area contributed by atoms with Crippen LogP contribution in [-0.2, 0) is 85.1 Å². The van der Waals surface area contributed by atoms with Crippen LogP contribution in [0.5, 0.6) is 0 Å². The summed E-state index contributed by atoms with van der Waals surface area (Å²) in [4.78, 5) is 76.9. The van der Waals surface area contributed by atoms with Crippen LogP contribution in [0.15, 0.2) is 212 Å². The van der Waals surface area contributed by atoms with Gasteiger partial charge < -0.3 is 28.1 Å². The topological polar surface area (TPSA) is 150 Å². The van der Waals surface area contributed by atoms with E-state index < -0.39 is 61.3 Å². The van der Waals surface area contributed by atoms with Gasteiger partial charge in [-0.05, 0) is 49.6 Å². The second-order valence-electron chi connectivity index (χ2n) is 21.5. The molecule has 8 rings (SSSR count). The number of hydrogen-bond acceptors (Lipinski definition) is 14. The van der Waals surface area contributed by atoms with Crippen LogP contribution >= 0.6 is 0 Å². The Labute approximate surface area is 482 Å². The van der Waals surface area contributed by atoms with E-state index in [1.54, 1.807) is 9.80 Å². The minimum absolute atomic E-state index is 0.0000209. The first-order valence-corrected chi connectivity index (χ1v) is 29.7. The molecule has 1 heterocycles. The van der Waals surface area contributed by atoms with Gasteiger partial charge in [0.2, 0.25) is 0 Å². The molecule has 2 unspecified atom stereocenters. The van der Waals surface area contributed by atoms with Crippen LogP contribution in [0.1, 0.15) is 55.0 Å². The van der Waals surface area contributed by atoms with Gasteiger partial charge in [0.1, 0.15) is 39.1 Å². The van der Waals surface area contributed by atoms with Gasteiger partial charge in [0.25, 0.3) is 8.32 Å². The maximum atomic E-state index is 14.5. The van der Waals surface area contributed by atoms with E-state index in [2.05, 4.69) is 45.0 Å². The number of esters is 5. The van der Waals surface area contributed by atoms with E-state index in [0.717, 1.165) is 38.2 Å². The van der Waals surface area contributed by atoms with Gasteiger partial charge in [-0.1, -0.05) is 233 Å². The lowest BCUT2D eigenvalue weighted by molar-refractivity contribution is -0.154. The van der Waals surface area contributed by atoms with Crippen LogP contribution in [-0.4, -0.2) is 117 Å². The van der Waals surface area contributed by atoms with E-state index in [1.807, 2.05) is 193 Å². The maximum absolute atomic E-state index is 14.5. The molecule has 7 aromatic rings. The fraction of sp³-hybridized carbons (Fsp3) is 0.299. The zero-order chi connectivity index (χ0) is 57.6. The van der Waals surface area contributed by atoms with E-state index in [-0.39, 0.29) is 85.3 Å². The van der Waals surface area contributed by atoms with Gasteiger partial charge in [0.15, 0.2) is 0 Å². The molecule has 14 nitrogen and oxygen atoms in total. The highest BCUT2D eigenvalue weighted by atomic mass is 28.4. The maximum Gasteiger partial charge on any atom is 0.323 e. The van der Waals surface area contributed by atoms with Crippen molar-refractivity contribution in [2.75, 3.05) is 45.9 Å². The van der Waals surface area contributed by atoms with Gasteiger partial charge in [-0.15, -0.1) is 0 Å². The molecule has 0 aromatic heterocycles. The van der Waals surface area contributed by atoms with Crippen molar-refractivity contribution >= 4 is 48.5 Å². The van der Waals surface area contributed by atoms with Crippen molar-refractivity contribution in [1.82, 2.24) is 14.7 Å². The zero-order valence-electron chi connectivity index (χ0n) is 47.0. The Morgan fingerprint density at radius 1 is 0.476 bits per heavy atom. The molecular formula is C67H73N3O11Si. The molecule has 82 heavy (non-hydrogen) atoms. The van der Waals surface area contributed by atoms with Crippen LogP contribution in [0.3, 0.4) is 0 Å². The fourth-order valence-corrected chi connectivity index (χ4v) is 15.0. The van der Waals surface area contributed by atoms with Crippen LogP contribution in [0.4, 0.5) is 0 Å². The first kappa shape index (κ1) is 60.1. The van der Waals surface area contributed by atoms with Crippen LogP contribution in [0.25, 0.3) is 0 Å². The van der Waals surface area contributed by atoms with Gasteiger partial charge >= 0.3 is 29.8 Å². The predicted molar refractivity (Wildman–Crippen MR) is 315 cm³/mol. The van der Waals surface area contributed by atoms with Crippen LogP contribution in [0, 0.1) is 0 Å². The lowest BCUT2D eigenvalue weighted by atomic mass is 10.1. The molecule has 1 saturated heterocycles. The summed E-state index contributed by atoms with van der Waals surface area (Å²) < 4.78 is 37.3. The molecule has 1 aliphatic rings. The highest BCUT2D eigenvalue weighted by Gasteiger charge is 2.51. The second-order valence-corrected chi connectivity index (χ2v) is 25.8. The Balaban J connectivity index is 1.19. The quantitative estimate of drug-likeness (QED) is 0.0261. The molecule has 0 amide bonds. The third kappa shape index (κ3) is 17.5.